The number of ether oxygens (including phenoxy) is 1. The van der Waals surface area contributed by atoms with Gasteiger partial charge in [0.25, 0.3) is 0 Å². The zero-order chi connectivity index (χ0) is 26.4. The number of carbonyl (C=O) groups excluding carboxylic acids is 1. The van der Waals surface area contributed by atoms with Crippen molar-refractivity contribution in [3.63, 3.8) is 0 Å². The molecule has 0 heterocycles. The van der Waals surface area contributed by atoms with E-state index >= 15 is 0 Å². The second-order valence-corrected chi connectivity index (χ2v) is 9.21. The molecule has 37 heavy (non-hydrogen) atoms. The molecule has 2 aliphatic carbocycles. The van der Waals surface area contributed by atoms with Gasteiger partial charge in [-0.1, -0.05) is 30.0 Å². The van der Waals surface area contributed by atoms with Crippen LogP contribution in [0.3, 0.4) is 0 Å². The van der Waals surface area contributed by atoms with Crippen molar-refractivity contribution in [3.8, 4) is 5.75 Å². The van der Waals surface area contributed by atoms with Gasteiger partial charge in [-0.25, -0.2) is 4.58 Å². The number of Topliss-reactive ketones (excluding diaryl/α,β-unsaturated/α-hetero) is 1. The standard InChI is InChI=1S/C32H36N2O3/c1-5-33(6-2)26-16-12-24(13-17-26)29-31(35)30(32(29)36)25-14-18-27(19-15-25)34(7-3)22-8-9-23-10-20-28(37-4)21-11-23/h10-21H,5-9,22H2,1-4H3. The monoisotopic (exact) mass is 496 g/mol. The predicted octanol–water partition coefficient (Wildman–Crippen LogP) is 4.72. The highest BCUT2D eigenvalue weighted by molar-refractivity contribution is 6.39. The highest BCUT2D eigenvalue weighted by Crippen LogP contribution is 2.37. The second-order valence-electron chi connectivity index (χ2n) is 9.21. The van der Waals surface area contributed by atoms with Crippen molar-refractivity contribution in [1.82, 2.24) is 0 Å². The van der Waals surface area contributed by atoms with Crippen LogP contribution in [0.2, 0.25) is 0 Å². The molecule has 0 N–H and O–H groups in total. The van der Waals surface area contributed by atoms with E-state index in [0.717, 1.165) is 56.2 Å². The molecule has 0 aliphatic heterocycles. The average molecular weight is 497 g/mol. The Kier molecular flexibility index (Phi) is 8.44. The minimum Gasteiger partial charge on any atom is -0.871 e. The first-order valence-electron chi connectivity index (χ1n) is 13.2. The van der Waals surface area contributed by atoms with Gasteiger partial charge in [0.1, 0.15) is 18.8 Å². The van der Waals surface area contributed by atoms with E-state index in [9.17, 15) is 9.90 Å². The number of ketones is 1. The first-order valence-corrected chi connectivity index (χ1v) is 13.2. The van der Waals surface area contributed by atoms with Crippen LogP contribution in [0.25, 0.3) is 5.57 Å². The molecule has 4 rings (SSSR count). The van der Waals surface area contributed by atoms with E-state index in [1.807, 2.05) is 60.7 Å². The number of hydrogen-bond acceptors (Lipinski definition) is 4. The summed E-state index contributed by atoms with van der Waals surface area (Å²) in [5.74, 6) is 0.540. The van der Waals surface area contributed by atoms with E-state index in [1.165, 1.54) is 5.56 Å². The number of nitrogens with zero attached hydrogens (tertiary/aromatic N) is 2. The van der Waals surface area contributed by atoms with E-state index in [0.29, 0.717) is 16.7 Å². The van der Waals surface area contributed by atoms with E-state index in [2.05, 4.69) is 42.4 Å². The van der Waals surface area contributed by atoms with Crippen LogP contribution in [-0.2, 0) is 11.2 Å². The van der Waals surface area contributed by atoms with Gasteiger partial charge in [0.2, 0.25) is 0 Å². The molecule has 5 heteroatoms. The summed E-state index contributed by atoms with van der Waals surface area (Å²) in [5, 5.41) is 13.0. The van der Waals surface area contributed by atoms with E-state index in [1.54, 1.807) is 7.11 Å². The number of carbonyl (C=O) groups is 1. The third-order valence-electron chi connectivity index (χ3n) is 7.15. The van der Waals surface area contributed by atoms with Crippen molar-refractivity contribution in [2.75, 3.05) is 38.2 Å². The summed E-state index contributed by atoms with van der Waals surface area (Å²) in [6, 6.07) is 15.9. The highest BCUT2D eigenvalue weighted by Gasteiger charge is 2.30. The van der Waals surface area contributed by atoms with Gasteiger partial charge in [-0.05, 0) is 80.3 Å². The van der Waals surface area contributed by atoms with Gasteiger partial charge >= 0.3 is 0 Å². The van der Waals surface area contributed by atoms with Crippen molar-refractivity contribution in [2.45, 2.75) is 33.6 Å². The molecular formula is C32H36N2O3. The van der Waals surface area contributed by atoms with Crippen LogP contribution in [0.1, 0.15) is 38.3 Å². The van der Waals surface area contributed by atoms with Crippen LogP contribution in [0.4, 0.5) is 5.69 Å². The number of aryl methyl sites for hydroxylation is 1. The minimum absolute atomic E-state index is 0.167. The number of rotatable bonds is 10. The molecule has 0 spiro atoms. The molecular weight excluding hydrogens is 460 g/mol. The molecule has 0 aromatic heterocycles. The summed E-state index contributed by atoms with van der Waals surface area (Å²) in [6.45, 7) is 10.0. The Hall–Kier alpha value is -3.86. The quantitative estimate of drug-likeness (QED) is 0.353. The van der Waals surface area contributed by atoms with Crippen LogP contribution in [0.15, 0.2) is 89.7 Å². The van der Waals surface area contributed by atoms with Crippen molar-refractivity contribution >= 4 is 22.8 Å². The maximum atomic E-state index is 13.0. The Morgan fingerprint density at radius 3 is 2.05 bits per heavy atom. The lowest BCUT2D eigenvalue weighted by atomic mass is 9.80. The molecule has 0 bridgehead atoms. The lowest BCUT2D eigenvalue weighted by Gasteiger charge is -2.32. The zero-order valence-electron chi connectivity index (χ0n) is 22.3. The molecule has 2 aromatic carbocycles. The average Bonchev–Trinajstić information content (AvgIpc) is 2.94. The predicted molar refractivity (Wildman–Crippen MR) is 149 cm³/mol. The van der Waals surface area contributed by atoms with Gasteiger partial charge in [0.05, 0.1) is 7.11 Å². The summed E-state index contributed by atoms with van der Waals surface area (Å²) in [5.41, 5.74) is 5.45. The lowest BCUT2D eigenvalue weighted by molar-refractivity contribution is -0.523. The van der Waals surface area contributed by atoms with Gasteiger partial charge < -0.3 is 14.7 Å². The molecule has 0 saturated carbocycles. The van der Waals surface area contributed by atoms with E-state index < -0.39 is 0 Å². The van der Waals surface area contributed by atoms with Gasteiger partial charge in [-0.2, -0.15) is 0 Å². The molecule has 0 unspecified atom stereocenters. The van der Waals surface area contributed by atoms with Crippen LogP contribution >= 0.6 is 0 Å². The molecule has 0 saturated heterocycles. The van der Waals surface area contributed by atoms with Crippen molar-refractivity contribution in [2.24, 2.45) is 0 Å². The largest absolute Gasteiger partial charge is 0.871 e. The Labute approximate surface area is 220 Å². The first-order chi connectivity index (χ1) is 18.0. The van der Waals surface area contributed by atoms with E-state index in [-0.39, 0.29) is 17.1 Å². The summed E-state index contributed by atoms with van der Waals surface area (Å²) in [6.07, 6.45) is 9.84. The first kappa shape index (κ1) is 26.2. The Bertz CT molecular complexity index is 1270. The third kappa shape index (κ3) is 5.61. The van der Waals surface area contributed by atoms with Crippen molar-refractivity contribution < 1.29 is 19.2 Å². The summed E-state index contributed by atoms with van der Waals surface area (Å²) < 4.78 is 7.55. The zero-order valence-corrected chi connectivity index (χ0v) is 22.3. The van der Waals surface area contributed by atoms with Gasteiger partial charge in [0, 0.05) is 48.5 Å². The smallest absolute Gasteiger partial charge is 0.199 e. The molecule has 0 atom stereocenters. The normalized spacial score (nSPS) is 14.8. The topological polar surface area (TPSA) is 55.6 Å². The number of allylic oxidation sites excluding steroid dienone is 7. The van der Waals surface area contributed by atoms with Gasteiger partial charge in [0.15, 0.2) is 11.5 Å². The van der Waals surface area contributed by atoms with Crippen LogP contribution < -0.4 is 14.7 Å². The maximum absolute atomic E-state index is 13.0. The fourth-order valence-corrected chi connectivity index (χ4v) is 4.92. The Balaban J connectivity index is 1.45. The molecule has 192 valence electrons. The maximum Gasteiger partial charge on any atom is 0.199 e. The number of benzene rings is 2. The Morgan fingerprint density at radius 2 is 1.51 bits per heavy atom. The summed E-state index contributed by atoms with van der Waals surface area (Å²) in [7, 11) is 1.68. The molecule has 0 radical (unpaired) electrons. The molecule has 2 aliphatic rings. The minimum atomic E-state index is -0.167. The van der Waals surface area contributed by atoms with Crippen LogP contribution in [-0.4, -0.2) is 49.4 Å². The molecule has 5 nitrogen and oxygen atoms in total. The summed E-state index contributed by atoms with van der Waals surface area (Å²) in [4.78, 5) is 15.2. The van der Waals surface area contributed by atoms with Crippen molar-refractivity contribution in [3.05, 3.63) is 101 Å². The van der Waals surface area contributed by atoms with Crippen molar-refractivity contribution in [1.29, 1.82) is 0 Å². The van der Waals surface area contributed by atoms with Crippen LogP contribution in [0, 0.1) is 0 Å². The van der Waals surface area contributed by atoms with E-state index in [4.69, 9.17) is 4.74 Å². The van der Waals surface area contributed by atoms with Gasteiger partial charge in [-0.3, -0.25) is 4.79 Å². The number of hydrogen-bond donors (Lipinski definition) is 0. The highest BCUT2D eigenvalue weighted by atomic mass is 16.5. The third-order valence-corrected chi connectivity index (χ3v) is 7.15. The second kappa shape index (κ2) is 11.9. The SMILES string of the molecule is CCN(CC)c1ccc(C2=C([O-])C(=C3C=CC(=[N+](CC)CCCc4ccc(OC)cc4)C=C3)C2=O)cc1. The summed E-state index contributed by atoms with van der Waals surface area (Å²) >= 11 is 0. The number of methoxy groups -OCH3 is 1. The lowest BCUT2D eigenvalue weighted by Crippen LogP contribution is -2.30. The Morgan fingerprint density at radius 1 is 0.865 bits per heavy atom. The fraction of sp³-hybridized carbons (Fsp3) is 0.312. The molecule has 0 fully saturated rings. The molecule has 0 amide bonds. The van der Waals surface area contributed by atoms with Crippen LogP contribution in [0.5, 0.6) is 5.75 Å². The fourth-order valence-electron chi connectivity index (χ4n) is 4.92. The molecule has 2 aromatic rings. The number of anilines is 1. The van der Waals surface area contributed by atoms with Gasteiger partial charge in [-0.15, -0.1) is 0 Å².